The van der Waals surface area contributed by atoms with Crippen LogP contribution in [0.3, 0.4) is 0 Å². The standard InChI is InChI=1S/C20H21ClN4O4/c1-20(2,3)29-19(28)23-11-15(12-7-5-4-6-8-12)25-14(17(26)27)9-13-10-22-18(21)24-16(13)25/h4-10,15H,11H2,1-3H3,(H,23,28)(H,26,27)/t15-/m1/s1. The molecular formula is C20H21ClN4O4. The van der Waals surface area contributed by atoms with Gasteiger partial charge in [-0.3, -0.25) is 0 Å². The molecule has 2 heterocycles. The second kappa shape index (κ2) is 8.08. The number of rotatable bonds is 5. The first-order valence-electron chi connectivity index (χ1n) is 8.94. The quantitative estimate of drug-likeness (QED) is 0.611. The number of aromatic carboxylic acids is 1. The lowest BCUT2D eigenvalue weighted by molar-refractivity contribution is 0.0523. The SMILES string of the molecule is CC(C)(C)OC(=O)NC[C@H](c1ccccc1)n1c(C(=O)O)cc2cnc(Cl)nc21. The number of carboxylic acid groups (broad SMARTS) is 1. The summed E-state index contributed by atoms with van der Waals surface area (Å²) in [5, 5.41) is 13.0. The number of carbonyl (C=O) groups excluding carboxylic acids is 1. The number of benzene rings is 1. The van der Waals surface area contributed by atoms with Crippen molar-refractivity contribution in [1.29, 1.82) is 0 Å². The Morgan fingerprint density at radius 3 is 2.59 bits per heavy atom. The Labute approximate surface area is 172 Å². The van der Waals surface area contributed by atoms with Crippen LogP contribution < -0.4 is 5.32 Å². The molecule has 0 radical (unpaired) electrons. The highest BCUT2D eigenvalue weighted by Gasteiger charge is 2.26. The van der Waals surface area contributed by atoms with E-state index in [1.54, 1.807) is 20.8 Å². The fourth-order valence-electron chi connectivity index (χ4n) is 2.99. The molecule has 152 valence electrons. The molecule has 0 aliphatic rings. The molecule has 0 saturated heterocycles. The van der Waals surface area contributed by atoms with Crippen molar-refractivity contribution in [3.05, 3.63) is 59.1 Å². The molecule has 1 amide bonds. The van der Waals surface area contributed by atoms with E-state index < -0.39 is 23.7 Å². The minimum atomic E-state index is -1.13. The van der Waals surface area contributed by atoms with Gasteiger partial charge < -0.3 is 19.7 Å². The molecule has 1 atom stereocenters. The van der Waals surface area contributed by atoms with Crippen molar-refractivity contribution in [3.8, 4) is 0 Å². The third-order valence-electron chi connectivity index (χ3n) is 4.10. The Balaban J connectivity index is 2.07. The molecule has 3 aromatic rings. The molecule has 8 nitrogen and oxygen atoms in total. The molecule has 0 fully saturated rings. The van der Waals surface area contributed by atoms with Gasteiger partial charge in [-0.15, -0.1) is 0 Å². The lowest BCUT2D eigenvalue weighted by atomic mass is 10.1. The van der Waals surface area contributed by atoms with Crippen LogP contribution >= 0.6 is 11.6 Å². The minimum absolute atomic E-state index is 0.000650. The maximum absolute atomic E-state index is 12.2. The fourth-order valence-corrected chi connectivity index (χ4v) is 3.12. The lowest BCUT2D eigenvalue weighted by Gasteiger charge is -2.24. The molecule has 0 unspecified atom stereocenters. The predicted octanol–water partition coefficient (Wildman–Crippen LogP) is 3.90. The van der Waals surface area contributed by atoms with Gasteiger partial charge in [-0.1, -0.05) is 30.3 Å². The summed E-state index contributed by atoms with van der Waals surface area (Å²) in [5.74, 6) is -1.13. The van der Waals surface area contributed by atoms with Crippen molar-refractivity contribution in [2.75, 3.05) is 6.54 Å². The van der Waals surface area contributed by atoms with Gasteiger partial charge in [0.2, 0.25) is 5.28 Å². The Morgan fingerprint density at radius 2 is 1.97 bits per heavy atom. The first kappa shape index (κ1) is 20.6. The molecule has 0 aliphatic carbocycles. The van der Waals surface area contributed by atoms with E-state index in [1.165, 1.54) is 16.8 Å². The monoisotopic (exact) mass is 416 g/mol. The maximum atomic E-state index is 12.2. The van der Waals surface area contributed by atoms with Crippen LogP contribution in [0.2, 0.25) is 5.28 Å². The number of fused-ring (bicyclic) bond motifs is 1. The number of hydrogen-bond acceptors (Lipinski definition) is 5. The first-order valence-corrected chi connectivity index (χ1v) is 9.32. The molecule has 29 heavy (non-hydrogen) atoms. The zero-order valence-corrected chi connectivity index (χ0v) is 17.0. The molecule has 1 aromatic carbocycles. The second-order valence-electron chi connectivity index (χ2n) is 7.43. The van der Waals surface area contributed by atoms with Gasteiger partial charge in [-0.25, -0.2) is 14.6 Å². The lowest BCUT2D eigenvalue weighted by Crippen LogP contribution is -2.36. The molecule has 0 bridgehead atoms. The molecule has 0 saturated carbocycles. The number of amides is 1. The summed E-state index contributed by atoms with van der Waals surface area (Å²) >= 11 is 5.96. The summed E-state index contributed by atoms with van der Waals surface area (Å²) in [6.45, 7) is 5.39. The number of nitrogens with zero attached hydrogens (tertiary/aromatic N) is 3. The summed E-state index contributed by atoms with van der Waals surface area (Å²) in [4.78, 5) is 32.3. The van der Waals surface area contributed by atoms with E-state index in [0.29, 0.717) is 11.0 Å². The van der Waals surface area contributed by atoms with Crippen LogP contribution in [0.25, 0.3) is 11.0 Å². The predicted molar refractivity (Wildman–Crippen MR) is 108 cm³/mol. The highest BCUT2D eigenvalue weighted by molar-refractivity contribution is 6.28. The van der Waals surface area contributed by atoms with E-state index in [2.05, 4.69) is 15.3 Å². The van der Waals surface area contributed by atoms with E-state index in [9.17, 15) is 14.7 Å². The number of halogens is 1. The molecule has 0 aliphatic heterocycles. The van der Waals surface area contributed by atoms with E-state index >= 15 is 0 Å². The number of ether oxygens (including phenoxy) is 1. The first-order chi connectivity index (χ1) is 13.7. The van der Waals surface area contributed by atoms with Crippen LogP contribution in [0.5, 0.6) is 0 Å². The van der Waals surface area contributed by atoms with Gasteiger partial charge >= 0.3 is 12.1 Å². The number of aromatic nitrogens is 3. The average molecular weight is 417 g/mol. The van der Waals surface area contributed by atoms with E-state index in [4.69, 9.17) is 16.3 Å². The van der Waals surface area contributed by atoms with Crippen molar-refractivity contribution in [2.45, 2.75) is 32.4 Å². The van der Waals surface area contributed by atoms with Gasteiger partial charge in [-0.05, 0) is 44.0 Å². The zero-order valence-electron chi connectivity index (χ0n) is 16.2. The highest BCUT2D eigenvalue weighted by atomic mass is 35.5. The van der Waals surface area contributed by atoms with Gasteiger partial charge in [0, 0.05) is 18.1 Å². The molecule has 2 aromatic heterocycles. The van der Waals surface area contributed by atoms with Crippen LogP contribution in [0.15, 0.2) is 42.6 Å². The number of carboxylic acids is 1. The topological polar surface area (TPSA) is 106 Å². The van der Waals surface area contributed by atoms with E-state index in [-0.39, 0.29) is 17.5 Å². The molecular weight excluding hydrogens is 396 g/mol. The number of carbonyl (C=O) groups is 2. The van der Waals surface area contributed by atoms with Crippen LogP contribution in [0.1, 0.15) is 42.9 Å². The minimum Gasteiger partial charge on any atom is -0.477 e. The number of alkyl carbamates (subject to hydrolysis) is 1. The van der Waals surface area contributed by atoms with Gasteiger partial charge in [0.25, 0.3) is 0 Å². The number of nitrogens with one attached hydrogen (secondary N) is 1. The Bertz CT molecular complexity index is 1040. The summed E-state index contributed by atoms with van der Waals surface area (Å²) in [6.07, 6.45) is 0.871. The van der Waals surface area contributed by atoms with Crippen LogP contribution in [-0.2, 0) is 4.74 Å². The van der Waals surface area contributed by atoms with Crippen molar-refractivity contribution in [2.24, 2.45) is 0 Å². The molecule has 9 heteroatoms. The third kappa shape index (κ3) is 4.83. The van der Waals surface area contributed by atoms with Gasteiger partial charge in [0.05, 0.1) is 6.04 Å². The van der Waals surface area contributed by atoms with Crippen molar-refractivity contribution in [1.82, 2.24) is 19.9 Å². The van der Waals surface area contributed by atoms with Gasteiger partial charge in [-0.2, -0.15) is 4.98 Å². The third-order valence-corrected chi connectivity index (χ3v) is 4.28. The van der Waals surface area contributed by atoms with Crippen LogP contribution in [-0.4, -0.2) is 43.8 Å². The highest BCUT2D eigenvalue weighted by Crippen LogP contribution is 2.28. The van der Waals surface area contributed by atoms with Crippen LogP contribution in [0, 0.1) is 0 Å². The van der Waals surface area contributed by atoms with Crippen molar-refractivity contribution in [3.63, 3.8) is 0 Å². The molecule has 3 rings (SSSR count). The van der Waals surface area contributed by atoms with Crippen molar-refractivity contribution >= 4 is 34.7 Å². The number of hydrogen-bond donors (Lipinski definition) is 2. The fraction of sp³-hybridized carbons (Fsp3) is 0.300. The summed E-state index contributed by atoms with van der Waals surface area (Å²) < 4.78 is 6.84. The Morgan fingerprint density at radius 1 is 1.28 bits per heavy atom. The normalized spacial score (nSPS) is 12.6. The smallest absolute Gasteiger partial charge is 0.407 e. The Hall–Kier alpha value is -3.13. The van der Waals surface area contributed by atoms with E-state index in [1.807, 2.05) is 30.3 Å². The average Bonchev–Trinajstić information content (AvgIpc) is 3.00. The molecule has 2 N–H and O–H groups in total. The van der Waals surface area contributed by atoms with E-state index in [0.717, 1.165) is 5.56 Å². The summed E-state index contributed by atoms with van der Waals surface area (Å²) in [6, 6.07) is 10.2. The van der Waals surface area contributed by atoms with Crippen LogP contribution in [0.4, 0.5) is 4.79 Å². The van der Waals surface area contributed by atoms with Gasteiger partial charge in [0.1, 0.15) is 16.9 Å². The molecule has 0 spiro atoms. The Kier molecular flexibility index (Phi) is 5.74. The van der Waals surface area contributed by atoms with Crippen molar-refractivity contribution < 1.29 is 19.4 Å². The van der Waals surface area contributed by atoms with Gasteiger partial charge in [0.15, 0.2) is 0 Å². The summed E-state index contributed by atoms with van der Waals surface area (Å²) in [5.41, 5.74) is 0.511. The largest absolute Gasteiger partial charge is 0.477 e. The second-order valence-corrected chi connectivity index (χ2v) is 7.77. The maximum Gasteiger partial charge on any atom is 0.407 e. The summed E-state index contributed by atoms with van der Waals surface area (Å²) in [7, 11) is 0. The zero-order chi connectivity index (χ0) is 21.2.